The highest BCUT2D eigenvalue weighted by Gasteiger charge is 2.33. The fraction of sp³-hybridized carbons (Fsp3) is 0.333. The third-order valence-electron chi connectivity index (χ3n) is 4.61. The molecule has 4 nitrogen and oxygen atoms in total. The van der Waals surface area contributed by atoms with E-state index < -0.39 is 0 Å². The second-order valence-electron chi connectivity index (χ2n) is 6.51. The van der Waals surface area contributed by atoms with Gasteiger partial charge in [-0.15, -0.1) is 0 Å². The molecular formula is C21H24N2O2. The van der Waals surface area contributed by atoms with Gasteiger partial charge in [0, 0.05) is 18.7 Å². The number of fused-ring (bicyclic) bond motifs is 1. The van der Waals surface area contributed by atoms with Crippen LogP contribution in [0.3, 0.4) is 0 Å². The summed E-state index contributed by atoms with van der Waals surface area (Å²) in [6.45, 7) is 5.09. The standard InChI is InChI=1S/C21H24N2O2/c1-3-4-14-22-18-12-8-9-13-19(18)23(15-16(2)20(22)24)21(25)17-10-6-5-7-11-17/h5-13,16H,3-4,14-15H2,1-2H3. The Hall–Kier alpha value is -2.62. The Bertz CT molecular complexity index is 758. The number of carbonyl (C=O) groups excluding carboxylic acids is 2. The van der Waals surface area contributed by atoms with Crippen LogP contribution >= 0.6 is 0 Å². The summed E-state index contributed by atoms with van der Waals surface area (Å²) in [4.78, 5) is 29.6. The van der Waals surface area contributed by atoms with Crippen LogP contribution in [0.5, 0.6) is 0 Å². The average molecular weight is 336 g/mol. The van der Waals surface area contributed by atoms with Crippen molar-refractivity contribution in [2.45, 2.75) is 26.7 Å². The van der Waals surface area contributed by atoms with E-state index in [9.17, 15) is 9.59 Å². The topological polar surface area (TPSA) is 40.6 Å². The molecule has 0 aliphatic carbocycles. The minimum atomic E-state index is -0.239. The molecule has 130 valence electrons. The number of anilines is 2. The van der Waals surface area contributed by atoms with Crippen LogP contribution < -0.4 is 9.80 Å². The van der Waals surface area contributed by atoms with E-state index in [1.165, 1.54) is 0 Å². The van der Waals surface area contributed by atoms with Gasteiger partial charge in [-0.1, -0.05) is 50.6 Å². The first-order chi connectivity index (χ1) is 12.1. The number of rotatable bonds is 4. The van der Waals surface area contributed by atoms with E-state index in [0.717, 1.165) is 24.2 Å². The summed E-state index contributed by atoms with van der Waals surface area (Å²) < 4.78 is 0. The van der Waals surface area contributed by atoms with Gasteiger partial charge in [0.1, 0.15) is 0 Å². The third kappa shape index (κ3) is 3.43. The Kier molecular flexibility index (Phi) is 5.17. The fourth-order valence-corrected chi connectivity index (χ4v) is 3.23. The van der Waals surface area contributed by atoms with E-state index in [-0.39, 0.29) is 17.7 Å². The fourth-order valence-electron chi connectivity index (χ4n) is 3.23. The molecule has 0 radical (unpaired) electrons. The molecule has 2 amide bonds. The summed E-state index contributed by atoms with van der Waals surface area (Å²) in [7, 11) is 0. The summed E-state index contributed by atoms with van der Waals surface area (Å²) in [5.41, 5.74) is 2.28. The lowest BCUT2D eigenvalue weighted by Gasteiger charge is -2.25. The normalized spacial score (nSPS) is 17.2. The number of benzene rings is 2. The number of amides is 2. The zero-order valence-electron chi connectivity index (χ0n) is 14.8. The molecule has 0 spiro atoms. The summed E-state index contributed by atoms with van der Waals surface area (Å²) in [5, 5.41) is 0. The Labute approximate surface area is 149 Å². The first-order valence-electron chi connectivity index (χ1n) is 8.90. The Balaban J connectivity index is 2.04. The van der Waals surface area contributed by atoms with Gasteiger partial charge in [-0.2, -0.15) is 0 Å². The Morgan fingerprint density at radius 3 is 2.36 bits per heavy atom. The predicted octanol–water partition coefficient (Wildman–Crippen LogP) is 4.12. The van der Waals surface area contributed by atoms with Crippen molar-refractivity contribution in [3.63, 3.8) is 0 Å². The van der Waals surface area contributed by atoms with Gasteiger partial charge in [-0.25, -0.2) is 0 Å². The van der Waals surface area contributed by atoms with Crippen LogP contribution in [0.2, 0.25) is 0 Å². The van der Waals surface area contributed by atoms with Crippen LogP contribution in [0.25, 0.3) is 0 Å². The molecule has 1 aliphatic rings. The predicted molar refractivity (Wildman–Crippen MR) is 101 cm³/mol. The average Bonchev–Trinajstić information content (AvgIpc) is 2.76. The molecule has 4 heteroatoms. The van der Waals surface area contributed by atoms with Crippen LogP contribution in [-0.4, -0.2) is 24.9 Å². The summed E-state index contributed by atoms with van der Waals surface area (Å²) in [6.07, 6.45) is 1.96. The van der Waals surface area contributed by atoms with E-state index in [2.05, 4.69) is 6.92 Å². The lowest BCUT2D eigenvalue weighted by atomic mass is 10.1. The molecule has 1 heterocycles. The molecular weight excluding hydrogens is 312 g/mol. The van der Waals surface area contributed by atoms with Crippen molar-refractivity contribution in [2.24, 2.45) is 5.92 Å². The summed E-state index contributed by atoms with van der Waals surface area (Å²) in [6, 6.07) is 17.0. The first-order valence-corrected chi connectivity index (χ1v) is 8.90. The van der Waals surface area contributed by atoms with Crippen LogP contribution in [-0.2, 0) is 4.79 Å². The zero-order chi connectivity index (χ0) is 17.8. The van der Waals surface area contributed by atoms with Crippen molar-refractivity contribution < 1.29 is 9.59 Å². The first kappa shape index (κ1) is 17.2. The molecule has 2 aromatic carbocycles. The maximum Gasteiger partial charge on any atom is 0.258 e. The van der Waals surface area contributed by atoms with E-state index >= 15 is 0 Å². The van der Waals surface area contributed by atoms with Crippen molar-refractivity contribution in [2.75, 3.05) is 22.9 Å². The van der Waals surface area contributed by atoms with Gasteiger partial charge < -0.3 is 9.80 Å². The van der Waals surface area contributed by atoms with E-state index in [1.807, 2.05) is 66.4 Å². The number of carbonyl (C=O) groups is 2. The maximum atomic E-state index is 13.1. The minimum Gasteiger partial charge on any atom is -0.310 e. The molecule has 1 atom stereocenters. The molecule has 1 unspecified atom stereocenters. The molecule has 0 saturated carbocycles. The van der Waals surface area contributed by atoms with Gasteiger partial charge in [-0.05, 0) is 30.7 Å². The second-order valence-corrected chi connectivity index (χ2v) is 6.51. The largest absolute Gasteiger partial charge is 0.310 e. The highest BCUT2D eigenvalue weighted by molar-refractivity contribution is 6.11. The molecule has 0 aromatic heterocycles. The van der Waals surface area contributed by atoms with Gasteiger partial charge in [-0.3, -0.25) is 9.59 Å². The molecule has 3 rings (SSSR count). The maximum absolute atomic E-state index is 13.1. The number of hydrogen-bond donors (Lipinski definition) is 0. The van der Waals surface area contributed by atoms with Crippen LogP contribution in [0.4, 0.5) is 11.4 Å². The summed E-state index contributed by atoms with van der Waals surface area (Å²) in [5.74, 6) is -0.216. The third-order valence-corrected chi connectivity index (χ3v) is 4.61. The SMILES string of the molecule is CCCCN1C(=O)C(C)CN(C(=O)c2ccccc2)c2ccccc21. The Morgan fingerprint density at radius 2 is 1.68 bits per heavy atom. The van der Waals surface area contributed by atoms with Gasteiger partial charge in [0.2, 0.25) is 5.91 Å². The number of nitrogens with zero attached hydrogens (tertiary/aromatic N) is 2. The van der Waals surface area contributed by atoms with Gasteiger partial charge in [0.05, 0.1) is 17.3 Å². The van der Waals surface area contributed by atoms with Gasteiger partial charge in [0.15, 0.2) is 0 Å². The number of unbranched alkanes of at least 4 members (excludes halogenated alkanes) is 1. The molecule has 25 heavy (non-hydrogen) atoms. The molecule has 0 saturated heterocycles. The second kappa shape index (κ2) is 7.51. The van der Waals surface area contributed by atoms with E-state index in [0.29, 0.717) is 18.7 Å². The highest BCUT2D eigenvalue weighted by atomic mass is 16.2. The molecule has 1 aliphatic heterocycles. The van der Waals surface area contributed by atoms with E-state index in [1.54, 1.807) is 4.90 Å². The minimum absolute atomic E-state index is 0.0648. The van der Waals surface area contributed by atoms with Crippen molar-refractivity contribution in [3.8, 4) is 0 Å². The number of hydrogen-bond acceptors (Lipinski definition) is 2. The van der Waals surface area contributed by atoms with Crippen molar-refractivity contribution in [1.82, 2.24) is 0 Å². The van der Waals surface area contributed by atoms with Crippen molar-refractivity contribution in [3.05, 3.63) is 60.2 Å². The molecule has 2 aromatic rings. The molecule has 0 fully saturated rings. The highest BCUT2D eigenvalue weighted by Crippen LogP contribution is 2.35. The van der Waals surface area contributed by atoms with Gasteiger partial charge in [0.25, 0.3) is 5.91 Å². The Morgan fingerprint density at radius 1 is 1.04 bits per heavy atom. The lowest BCUT2D eigenvalue weighted by Crippen LogP contribution is -2.38. The number of para-hydroxylation sites is 2. The van der Waals surface area contributed by atoms with Crippen LogP contribution in [0.15, 0.2) is 54.6 Å². The van der Waals surface area contributed by atoms with Gasteiger partial charge >= 0.3 is 0 Å². The zero-order valence-corrected chi connectivity index (χ0v) is 14.8. The van der Waals surface area contributed by atoms with Crippen LogP contribution in [0, 0.1) is 5.92 Å². The molecule has 0 N–H and O–H groups in total. The van der Waals surface area contributed by atoms with Crippen molar-refractivity contribution in [1.29, 1.82) is 0 Å². The molecule has 0 bridgehead atoms. The van der Waals surface area contributed by atoms with Crippen molar-refractivity contribution >= 4 is 23.2 Å². The smallest absolute Gasteiger partial charge is 0.258 e. The summed E-state index contributed by atoms with van der Waals surface area (Å²) >= 11 is 0. The quantitative estimate of drug-likeness (QED) is 0.843. The lowest BCUT2D eigenvalue weighted by molar-refractivity contribution is -0.121. The van der Waals surface area contributed by atoms with Crippen LogP contribution in [0.1, 0.15) is 37.0 Å². The van der Waals surface area contributed by atoms with E-state index in [4.69, 9.17) is 0 Å². The monoisotopic (exact) mass is 336 g/mol.